The summed E-state index contributed by atoms with van der Waals surface area (Å²) in [6, 6.07) is 3.97. The molecule has 0 saturated carbocycles. The molecule has 84 valence electrons. The monoisotopic (exact) mass is 299 g/mol. The Hall–Kier alpha value is -0.720. The average molecular weight is 300 g/mol. The first-order valence-corrected chi connectivity index (χ1v) is 6.74. The van der Waals surface area contributed by atoms with Gasteiger partial charge in [0.1, 0.15) is 0 Å². The van der Waals surface area contributed by atoms with Crippen LogP contribution in [-0.4, -0.2) is 23.2 Å². The van der Waals surface area contributed by atoms with Crippen LogP contribution in [-0.2, 0) is 0 Å². The van der Waals surface area contributed by atoms with Gasteiger partial charge in [-0.1, -0.05) is 5.16 Å². The van der Waals surface area contributed by atoms with Crippen LogP contribution in [0.4, 0.5) is 0 Å². The predicted molar refractivity (Wildman–Crippen MR) is 65.5 cm³/mol. The summed E-state index contributed by atoms with van der Waals surface area (Å²) in [5.74, 6) is 1.85. The molecule has 2 aromatic heterocycles. The van der Waals surface area contributed by atoms with Crippen molar-refractivity contribution in [2.75, 3.05) is 13.1 Å². The molecule has 0 amide bonds. The molecular weight excluding hydrogens is 290 g/mol. The summed E-state index contributed by atoms with van der Waals surface area (Å²) >= 11 is 5.02. The van der Waals surface area contributed by atoms with E-state index in [9.17, 15) is 0 Å². The largest absolute Gasteiger partial charge is 0.333 e. The second-order valence-electron chi connectivity index (χ2n) is 3.75. The van der Waals surface area contributed by atoms with E-state index in [0.717, 1.165) is 34.0 Å². The number of rotatable bonds is 2. The summed E-state index contributed by atoms with van der Waals surface area (Å²) in [6.45, 7) is 1.99. The van der Waals surface area contributed by atoms with E-state index in [1.807, 2.05) is 12.1 Å². The van der Waals surface area contributed by atoms with Crippen LogP contribution >= 0.6 is 27.3 Å². The lowest BCUT2D eigenvalue weighted by Crippen LogP contribution is -2.08. The number of hydrogen-bond donors (Lipinski definition) is 1. The molecule has 3 rings (SSSR count). The van der Waals surface area contributed by atoms with Gasteiger partial charge in [-0.2, -0.15) is 4.98 Å². The van der Waals surface area contributed by atoms with Gasteiger partial charge in [0.05, 0.1) is 8.66 Å². The summed E-state index contributed by atoms with van der Waals surface area (Å²) in [7, 11) is 0. The van der Waals surface area contributed by atoms with E-state index in [-0.39, 0.29) is 0 Å². The molecule has 2 aromatic rings. The lowest BCUT2D eigenvalue weighted by molar-refractivity contribution is 0.418. The summed E-state index contributed by atoms with van der Waals surface area (Å²) in [5, 5.41) is 7.35. The van der Waals surface area contributed by atoms with E-state index in [2.05, 4.69) is 31.4 Å². The van der Waals surface area contributed by atoms with E-state index < -0.39 is 0 Å². The van der Waals surface area contributed by atoms with Crippen molar-refractivity contribution in [3.63, 3.8) is 0 Å². The van der Waals surface area contributed by atoms with Gasteiger partial charge in [0.25, 0.3) is 5.89 Å². The second-order valence-corrected chi connectivity index (χ2v) is 6.21. The van der Waals surface area contributed by atoms with Crippen LogP contribution in [0.3, 0.4) is 0 Å². The number of nitrogens with one attached hydrogen (secondary N) is 1. The Morgan fingerprint density at radius 1 is 1.50 bits per heavy atom. The molecule has 1 unspecified atom stereocenters. The Morgan fingerprint density at radius 2 is 2.44 bits per heavy atom. The SMILES string of the molecule is Brc1ccc(-c2nc(C3CCNC3)no2)s1. The van der Waals surface area contributed by atoms with Gasteiger partial charge in [-0.3, -0.25) is 0 Å². The standard InChI is InChI=1S/C10H10BrN3OS/c11-8-2-1-7(16-8)10-13-9(14-15-10)6-3-4-12-5-6/h1-2,6,12H,3-5H2. The van der Waals surface area contributed by atoms with Gasteiger partial charge in [-0.25, -0.2) is 0 Å². The Morgan fingerprint density at radius 3 is 3.12 bits per heavy atom. The minimum atomic E-state index is 0.404. The molecule has 1 aliphatic heterocycles. The molecule has 0 bridgehead atoms. The predicted octanol–water partition coefficient (Wildman–Crippen LogP) is 2.64. The third kappa shape index (κ3) is 1.92. The number of aromatic nitrogens is 2. The van der Waals surface area contributed by atoms with E-state index in [1.54, 1.807) is 11.3 Å². The molecular formula is C10H10BrN3OS. The first-order valence-electron chi connectivity index (χ1n) is 5.13. The van der Waals surface area contributed by atoms with E-state index in [4.69, 9.17) is 4.52 Å². The molecule has 0 aromatic carbocycles. The van der Waals surface area contributed by atoms with Crippen molar-refractivity contribution < 1.29 is 4.52 Å². The molecule has 1 fully saturated rings. The van der Waals surface area contributed by atoms with Gasteiger partial charge in [0, 0.05) is 12.5 Å². The normalized spacial score (nSPS) is 20.4. The maximum atomic E-state index is 5.28. The van der Waals surface area contributed by atoms with Crippen molar-refractivity contribution in [2.45, 2.75) is 12.3 Å². The molecule has 1 aliphatic rings. The highest BCUT2D eigenvalue weighted by Gasteiger charge is 2.22. The molecule has 16 heavy (non-hydrogen) atoms. The maximum absolute atomic E-state index is 5.28. The second kappa shape index (κ2) is 4.27. The fourth-order valence-electron chi connectivity index (χ4n) is 1.81. The summed E-state index contributed by atoms with van der Waals surface area (Å²) in [6.07, 6.45) is 1.09. The van der Waals surface area contributed by atoms with Crippen molar-refractivity contribution >= 4 is 27.3 Å². The number of hydrogen-bond acceptors (Lipinski definition) is 5. The number of thiophene rings is 1. The molecule has 1 atom stereocenters. The summed E-state index contributed by atoms with van der Waals surface area (Å²) in [5.41, 5.74) is 0. The van der Waals surface area contributed by atoms with E-state index >= 15 is 0 Å². The average Bonchev–Trinajstić information content (AvgIpc) is 2.97. The minimum Gasteiger partial charge on any atom is -0.333 e. The maximum Gasteiger partial charge on any atom is 0.268 e. The van der Waals surface area contributed by atoms with E-state index in [0.29, 0.717) is 11.8 Å². The van der Waals surface area contributed by atoms with Crippen molar-refractivity contribution in [2.24, 2.45) is 0 Å². The lowest BCUT2D eigenvalue weighted by atomic mass is 10.1. The fraction of sp³-hybridized carbons (Fsp3) is 0.400. The molecule has 1 N–H and O–H groups in total. The van der Waals surface area contributed by atoms with Crippen LogP contribution in [0.15, 0.2) is 20.4 Å². The molecule has 4 nitrogen and oxygen atoms in total. The van der Waals surface area contributed by atoms with Crippen molar-refractivity contribution in [3.05, 3.63) is 21.7 Å². The van der Waals surface area contributed by atoms with Crippen LogP contribution in [0, 0.1) is 0 Å². The first-order chi connectivity index (χ1) is 7.83. The third-order valence-electron chi connectivity index (χ3n) is 2.65. The molecule has 6 heteroatoms. The molecule has 0 aliphatic carbocycles. The smallest absolute Gasteiger partial charge is 0.268 e. The van der Waals surface area contributed by atoms with Crippen LogP contribution in [0.2, 0.25) is 0 Å². The highest BCUT2D eigenvalue weighted by molar-refractivity contribution is 9.11. The lowest BCUT2D eigenvalue weighted by Gasteiger charge is -1.98. The zero-order valence-electron chi connectivity index (χ0n) is 8.44. The Balaban J connectivity index is 1.87. The van der Waals surface area contributed by atoms with Gasteiger partial charge in [0.15, 0.2) is 5.82 Å². The van der Waals surface area contributed by atoms with Crippen LogP contribution in [0.1, 0.15) is 18.2 Å². The highest BCUT2D eigenvalue weighted by Crippen LogP contribution is 2.31. The fourth-order valence-corrected chi connectivity index (χ4v) is 3.11. The van der Waals surface area contributed by atoms with Gasteiger partial charge in [-0.15, -0.1) is 11.3 Å². The molecule has 0 radical (unpaired) electrons. The number of halogens is 1. The molecule has 0 spiro atoms. The summed E-state index contributed by atoms with van der Waals surface area (Å²) in [4.78, 5) is 5.46. The van der Waals surface area contributed by atoms with E-state index in [1.165, 1.54) is 0 Å². The van der Waals surface area contributed by atoms with Gasteiger partial charge < -0.3 is 9.84 Å². The van der Waals surface area contributed by atoms with Gasteiger partial charge in [0.2, 0.25) is 0 Å². The van der Waals surface area contributed by atoms with Crippen LogP contribution in [0.5, 0.6) is 0 Å². The van der Waals surface area contributed by atoms with Crippen molar-refractivity contribution in [3.8, 4) is 10.8 Å². The molecule has 1 saturated heterocycles. The number of nitrogens with zero attached hydrogens (tertiary/aromatic N) is 2. The van der Waals surface area contributed by atoms with Gasteiger partial charge >= 0.3 is 0 Å². The quantitative estimate of drug-likeness (QED) is 0.926. The zero-order valence-corrected chi connectivity index (χ0v) is 10.8. The Bertz CT molecular complexity index is 490. The van der Waals surface area contributed by atoms with Crippen molar-refractivity contribution in [1.29, 1.82) is 0 Å². The first kappa shape index (κ1) is 10.4. The minimum absolute atomic E-state index is 0.404. The van der Waals surface area contributed by atoms with Crippen molar-refractivity contribution in [1.82, 2.24) is 15.5 Å². The zero-order chi connectivity index (χ0) is 11.0. The Kier molecular flexibility index (Phi) is 2.79. The highest BCUT2D eigenvalue weighted by atomic mass is 79.9. The van der Waals surface area contributed by atoms with Gasteiger partial charge in [-0.05, 0) is 41.0 Å². The molecule has 3 heterocycles. The third-order valence-corrected chi connectivity index (χ3v) is 4.26. The van der Waals surface area contributed by atoms with Crippen LogP contribution < -0.4 is 5.32 Å². The Labute approximate surface area is 105 Å². The van der Waals surface area contributed by atoms with Crippen LogP contribution in [0.25, 0.3) is 10.8 Å². The topological polar surface area (TPSA) is 51.0 Å². The summed E-state index contributed by atoms with van der Waals surface area (Å²) < 4.78 is 6.35.